The minimum Gasteiger partial charge on any atom is -0.504 e. The molecule has 1 aliphatic rings. The summed E-state index contributed by atoms with van der Waals surface area (Å²) in [5.41, 5.74) is 1.15. The molecule has 0 amide bonds. The van der Waals surface area contributed by atoms with Gasteiger partial charge >= 0.3 is 0 Å². The number of phenols is 1. The van der Waals surface area contributed by atoms with Gasteiger partial charge in [-0.15, -0.1) is 0 Å². The third-order valence-corrected chi connectivity index (χ3v) is 3.60. The number of benzene rings is 1. The van der Waals surface area contributed by atoms with Gasteiger partial charge in [-0.05, 0) is 31.5 Å². The van der Waals surface area contributed by atoms with Gasteiger partial charge in [-0.3, -0.25) is 4.90 Å². The average molecular weight is 251 g/mol. The quantitative estimate of drug-likeness (QED) is 0.894. The number of rotatable bonds is 3. The summed E-state index contributed by atoms with van der Waals surface area (Å²) < 4.78 is 10.6. The van der Waals surface area contributed by atoms with Gasteiger partial charge in [0.1, 0.15) is 0 Å². The highest BCUT2D eigenvalue weighted by Crippen LogP contribution is 2.32. The van der Waals surface area contributed by atoms with Crippen LogP contribution in [0.1, 0.15) is 25.5 Å². The fourth-order valence-electron chi connectivity index (χ4n) is 2.46. The predicted octanol–water partition coefficient (Wildman–Crippen LogP) is 2.18. The van der Waals surface area contributed by atoms with Crippen LogP contribution in [0.3, 0.4) is 0 Å². The molecule has 1 aromatic rings. The molecule has 1 aromatic carbocycles. The number of ether oxygens (including phenoxy) is 2. The van der Waals surface area contributed by atoms with Gasteiger partial charge in [0.25, 0.3) is 0 Å². The van der Waals surface area contributed by atoms with Crippen LogP contribution in [0.5, 0.6) is 11.5 Å². The first-order chi connectivity index (χ1) is 8.63. The van der Waals surface area contributed by atoms with Crippen LogP contribution in [0.4, 0.5) is 0 Å². The molecule has 0 radical (unpaired) electrons. The predicted molar refractivity (Wildman–Crippen MR) is 70.1 cm³/mol. The van der Waals surface area contributed by atoms with E-state index in [-0.39, 0.29) is 5.75 Å². The number of phenolic OH excluding ortho intramolecular Hbond substituents is 1. The van der Waals surface area contributed by atoms with E-state index >= 15 is 0 Å². The van der Waals surface area contributed by atoms with E-state index in [1.165, 1.54) is 0 Å². The van der Waals surface area contributed by atoms with Crippen molar-refractivity contribution in [1.82, 2.24) is 4.90 Å². The van der Waals surface area contributed by atoms with Crippen LogP contribution in [0.15, 0.2) is 18.2 Å². The van der Waals surface area contributed by atoms with E-state index in [4.69, 9.17) is 9.47 Å². The maximum absolute atomic E-state index is 9.62. The molecule has 1 aliphatic heterocycles. The van der Waals surface area contributed by atoms with Crippen molar-refractivity contribution < 1.29 is 14.6 Å². The van der Waals surface area contributed by atoms with Crippen molar-refractivity contribution in [2.75, 3.05) is 26.9 Å². The van der Waals surface area contributed by atoms with Gasteiger partial charge in [0.2, 0.25) is 0 Å². The van der Waals surface area contributed by atoms with Gasteiger partial charge < -0.3 is 14.6 Å². The molecule has 4 nitrogen and oxygen atoms in total. The molecule has 100 valence electrons. The van der Waals surface area contributed by atoms with E-state index in [1.54, 1.807) is 13.2 Å². The zero-order valence-corrected chi connectivity index (χ0v) is 11.2. The molecule has 2 unspecified atom stereocenters. The Kier molecular flexibility index (Phi) is 4.09. The van der Waals surface area contributed by atoms with Gasteiger partial charge in [0, 0.05) is 18.6 Å². The maximum atomic E-state index is 9.62. The molecule has 4 heteroatoms. The van der Waals surface area contributed by atoms with E-state index in [9.17, 15) is 5.11 Å². The largest absolute Gasteiger partial charge is 0.504 e. The molecule has 0 aliphatic carbocycles. The number of nitrogens with zero attached hydrogens (tertiary/aromatic N) is 1. The molecule has 1 N–H and O–H groups in total. The first kappa shape index (κ1) is 13.2. The second-order valence-electron chi connectivity index (χ2n) is 4.77. The average Bonchev–Trinajstić information content (AvgIpc) is 2.39. The maximum Gasteiger partial charge on any atom is 0.160 e. The van der Waals surface area contributed by atoms with Crippen molar-refractivity contribution in [2.24, 2.45) is 0 Å². The van der Waals surface area contributed by atoms with Crippen LogP contribution < -0.4 is 4.74 Å². The number of aromatic hydroxyl groups is 1. The highest BCUT2D eigenvalue weighted by atomic mass is 16.5. The van der Waals surface area contributed by atoms with Gasteiger partial charge in [-0.25, -0.2) is 0 Å². The molecule has 0 bridgehead atoms. The molecule has 1 fully saturated rings. The Balaban J connectivity index is 2.19. The van der Waals surface area contributed by atoms with E-state index in [2.05, 4.69) is 18.7 Å². The summed E-state index contributed by atoms with van der Waals surface area (Å²) in [5.74, 6) is 0.712. The Morgan fingerprint density at radius 2 is 2.28 bits per heavy atom. The Hall–Kier alpha value is -1.26. The molecule has 0 saturated carbocycles. The second-order valence-corrected chi connectivity index (χ2v) is 4.77. The van der Waals surface area contributed by atoms with E-state index in [0.717, 1.165) is 25.3 Å². The number of morpholine rings is 1. The minimum absolute atomic E-state index is 0.184. The topological polar surface area (TPSA) is 41.9 Å². The van der Waals surface area contributed by atoms with Crippen molar-refractivity contribution in [1.29, 1.82) is 0 Å². The van der Waals surface area contributed by atoms with Crippen LogP contribution in [0, 0.1) is 0 Å². The molecule has 2 atom stereocenters. The standard InChI is InChI=1S/C14H21NO3/c1-10-9-18-7-6-15(10)11(2)12-4-5-13(16)14(8-12)17-3/h4-5,8,10-11,16H,6-7,9H2,1-3H3. The number of methoxy groups -OCH3 is 1. The van der Waals surface area contributed by atoms with Gasteiger partial charge in [-0.1, -0.05) is 6.07 Å². The van der Waals surface area contributed by atoms with Crippen molar-refractivity contribution in [3.63, 3.8) is 0 Å². The number of hydrogen-bond acceptors (Lipinski definition) is 4. The molecule has 0 aromatic heterocycles. The molecular formula is C14H21NO3. The molecular weight excluding hydrogens is 230 g/mol. The summed E-state index contributed by atoms with van der Waals surface area (Å²) in [7, 11) is 1.57. The van der Waals surface area contributed by atoms with Crippen LogP contribution in [-0.4, -0.2) is 42.9 Å². The Morgan fingerprint density at radius 3 is 2.94 bits per heavy atom. The highest BCUT2D eigenvalue weighted by molar-refractivity contribution is 5.42. The summed E-state index contributed by atoms with van der Waals surface area (Å²) >= 11 is 0. The molecule has 0 spiro atoms. The second kappa shape index (κ2) is 5.59. The molecule has 18 heavy (non-hydrogen) atoms. The Morgan fingerprint density at radius 1 is 1.50 bits per heavy atom. The fourth-order valence-corrected chi connectivity index (χ4v) is 2.46. The normalized spacial score (nSPS) is 22.7. The summed E-state index contributed by atoms with van der Waals surface area (Å²) in [5, 5.41) is 9.62. The van der Waals surface area contributed by atoms with Gasteiger partial charge in [-0.2, -0.15) is 0 Å². The van der Waals surface area contributed by atoms with Crippen LogP contribution in [0.2, 0.25) is 0 Å². The van der Waals surface area contributed by atoms with Crippen LogP contribution in [0.25, 0.3) is 0 Å². The lowest BCUT2D eigenvalue weighted by Gasteiger charge is -2.38. The first-order valence-corrected chi connectivity index (χ1v) is 6.34. The third-order valence-electron chi connectivity index (χ3n) is 3.60. The molecule has 1 heterocycles. The van der Waals surface area contributed by atoms with E-state index in [1.807, 2.05) is 12.1 Å². The summed E-state index contributed by atoms with van der Waals surface area (Å²) in [6, 6.07) is 6.25. The number of hydrogen-bond donors (Lipinski definition) is 1. The van der Waals surface area contributed by atoms with E-state index < -0.39 is 0 Å². The third kappa shape index (κ3) is 2.60. The van der Waals surface area contributed by atoms with Crippen molar-refractivity contribution in [3.05, 3.63) is 23.8 Å². The SMILES string of the molecule is COc1cc(C(C)N2CCOCC2C)ccc1O. The lowest BCUT2D eigenvalue weighted by molar-refractivity contribution is -0.0191. The molecule has 2 rings (SSSR count). The smallest absolute Gasteiger partial charge is 0.160 e. The van der Waals surface area contributed by atoms with Gasteiger partial charge in [0.15, 0.2) is 11.5 Å². The highest BCUT2D eigenvalue weighted by Gasteiger charge is 2.25. The van der Waals surface area contributed by atoms with Crippen LogP contribution >= 0.6 is 0 Å². The van der Waals surface area contributed by atoms with Crippen molar-refractivity contribution in [3.8, 4) is 11.5 Å². The lowest BCUT2D eigenvalue weighted by Crippen LogP contribution is -2.44. The zero-order valence-electron chi connectivity index (χ0n) is 11.2. The summed E-state index contributed by atoms with van der Waals surface area (Å²) in [4.78, 5) is 2.41. The zero-order chi connectivity index (χ0) is 13.1. The first-order valence-electron chi connectivity index (χ1n) is 6.34. The Labute approximate surface area is 108 Å². The monoisotopic (exact) mass is 251 g/mol. The fraction of sp³-hybridized carbons (Fsp3) is 0.571. The lowest BCUT2D eigenvalue weighted by atomic mass is 10.0. The summed E-state index contributed by atoms with van der Waals surface area (Å²) in [6.07, 6.45) is 0. The van der Waals surface area contributed by atoms with Crippen molar-refractivity contribution >= 4 is 0 Å². The Bertz CT molecular complexity index is 408. The molecule has 1 saturated heterocycles. The van der Waals surface area contributed by atoms with E-state index in [0.29, 0.717) is 17.8 Å². The van der Waals surface area contributed by atoms with Gasteiger partial charge in [0.05, 0.1) is 20.3 Å². The van der Waals surface area contributed by atoms with Crippen molar-refractivity contribution in [2.45, 2.75) is 25.9 Å². The minimum atomic E-state index is 0.184. The van der Waals surface area contributed by atoms with Crippen LogP contribution in [-0.2, 0) is 4.74 Å². The summed E-state index contributed by atoms with van der Waals surface area (Å²) in [6.45, 7) is 6.84.